The fraction of sp³-hybridized carbons (Fsp3) is 0.391. The van der Waals surface area contributed by atoms with E-state index >= 15 is 0 Å². The number of fused-ring (bicyclic) bond motifs is 2. The van der Waals surface area contributed by atoms with Crippen molar-refractivity contribution in [1.29, 1.82) is 0 Å². The van der Waals surface area contributed by atoms with Gasteiger partial charge in [0.25, 0.3) is 0 Å². The van der Waals surface area contributed by atoms with Crippen LogP contribution in [0.1, 0.15) is 37.2 Å². The van der Waals surface area contributed by atoms with E-state index < -0.39 is 0 Å². The molecule has 0 aliphatic carbocycles. The summed E-state index contributed by atoms with van der Waals surface area (Å²) in [6.07, 6.45) is 3.22. The number of hydrogen-bond acceptors (Lipinski definition) is 5. The van der Waals surface area contributed by atoms with Crippen LogP contribution >= 0.6 is 23.1 Å². The third-order valence-electron chi connectivity index (χ3n) is 5.84. The summed E-state index contributed by atoms with van der Waals surface area (Å²) < 4.78 is 1.23. The van der Waals surface area contributed by atoms with E-state index in [2.05, 4.69) is 48.2 Å². The summed E-state index contributed by atoms with van der Waals surface area (Å²) in [5.74, 6) is 0.208. The second kappa shape index (κ2) is 8.09. The van der Waals surface area contributed by atoms with Gasteiger partial charge in [0.2, 0.25) is 5.91 Å². The van der Waals surface area contributed by atoms with Crippen LogP contribution in [0.3, 0.4) is 0 Å². The first kappa shape index (κ1) is 19.1. The zero-order valence-electron chi connectivity index (χ0n) is 16.6. The Morgan fingerprint density at radius 3 is 2.83 bits per heavy atom. The Bertz CT molecular complexity index is 1000. The topological polar surface area (TPSA) is 36.4 Å². The number of carbonyl (C=O) groups is 1. The minimum Gasteiger partial charge on any atom is -0.310 e. The number of thiazole rings is 1. The molecule has 0 radical (unpaired) electrons. The molecule has 4 nitrogen and oxygen atoms in total. The SMILES string of the molecule is CC1CCN(C(=O)CN2CCCC2c2nc3ccccc3s2)c2ccccc2S1. The van der Waals surface area contributed by atoms with Crippen LogP contribution in [0.5, 0.6) is 0 Å². The van der Waals surface area contributed by atoms with Crippen LogP contribution in [0, 0.1) is 0 Å². The van der Waals surface area contributed by atoms with Crippen LogP contribution < -0.4 is 4.90 Å². The molecule has 2 aliphatic rings. The number of aromatic nitrogens is 1. The molecule has 1 aromatic heterocycles. The highest BCUT2D eigenvalue weighted by atomic mass is 32.2. The van der Waals surface area contributed by atoms with E-state index in [0.717, 1.165) is 48.6 Å². The molecular weight excluding hydrogens is 398 g/mol. The number of thioether (sulfide) groups is 1. The van der Waals surface area contributed by atoms with Crippen LogP contribution in [0.15, 0.2) is 53.4 Å². The molecule has 1 amide bonds. The molecule has 6 heteroatoms. The van der Waals surface area contributed by atoms with Gasteiger partial charge in [-0.05, 0) is 50.1 Å². The van der Waals surface area contributed by atoms with Crippen LogP contribution in [-0.4, -0.2) is 40.7 Å². The summed E-state index contributed by atoms with van der Waals surface area (Å²) in [5.41, 5.74) is 2.14. The molecule has 0 spiro atoms. The number of anilines is 1. The molecule has 2 atom stereocenters. The van der Waals surface area contributed by atoms with Crippen molar-refractivity contribution in [3.63, 3.8) is 0 Å². The second-order valence-corrected chi connectivity index (χ2v) is 10.4. The first-order valence-electron chi connectivity index (χ1n) is 10.3. The molecule has 1 fully saturated rings. The fourth-order valence-electron chi connectivity index (χ4n) is 4.33. The largest absolute Gasteiger partial charge is 0.310 e. The highest BCUT2D eigenvalue weighted by molar-refractivity contribution is 8.00. The van der Waals surface area contributed by atoms with E-state index in [1.165, 1.54) is 9.60 Å². The number of likely N-dealkylation sites (tertiary alicyclic amines) is 1. The number of hydrogen-bond donors (Lipinski definition) is 0. The van der Waals surface area contributed by atoms with Gasteiger partial charge < -0.3 is 4.90 Å². The lowest BCUT2D eigenvalue weighted by Crippen LogP contribution is -2.41. The quantitative estimate of drug-likeness (QED) is 0.569. The predicted octanol–water partition coefficient (Wildman–Crippen LogP) is 5.35. The monoisotopic (exact) mass is 423 g/mol. The fourth-order valence-corrected chi connectivity index (χ4v) is 6.58. The molecule has 2 aliphatic heterocycles. The molecular formula is C23H25N3OS2. The zero-order valence-corrected chi connectivity index (χ0v) is 18.2. The summed E-state index contributed by atoms with van der Waals surface area (Å²) in [7, 11) is 0. The Hall–Kier alpha value is -1.89. The first-order valence-corrected chi connectivity index (χ1v) is 12.0. The first-order chi connectivity index (χ1) is 14.2. The third-order valence-corrected chi connectivity index (χ3v) is 8.22. The summed E-state index contributed by atoms with van der Waals surface area (Å²) in [4.78, 5) is 23.8. The molecule has 0 saturated carbocycles. The Balaban J connectivity index is 1.37. The van der Waals surface area contributed by atoms with Crippen molar-refractivity contribution < 1.29 is 4.79 Å². The number of amides is 1. The van der Waals surface area contributed by atoms with Crippen LogP contribution in [-0.2, 0) is 4.79 Å². The average Bonchev–Trinajstić information content (AvgIpc) is 3.31. The molecule has 2 unspecified atom stereocenters. The molecule has 150 valence electrons. The maximum atomic E-state index is 13.4. The Kier molecular flexibility index (Phi) is 5.33. The molecule has 5 rings (SSSR count). The van der Waals surface area contributed by atoms with Gasteiger partial charge in [0, 0.05) is 16.7 Å². The van der Waals surface area contributed by atoms with Gasteiger partial charge in [-0.1, -0.05) is 31.2 Å². The summed E-state index contributed by atoms with van der Waals surface area (Å²) >= 11 is 3.65. The number of carbonyl (C=O) groups excluding carboxylic acids is 1. The number of nitrogens with zero attached hydrogens (tertiary/aromatic N) is 3. The van der Waals surface area contributed by atoms with Crippen molar-refractivity contribution in [3.8, 4) is 0 Å². The Morgan fingerprint density at radius 2 is 1.93 bits per heavy atom. The van der Waals surface area contributed by atoms with Crippen molar-refractivity contribution in [3.05, 3.63) is 53.5 Å². The Morgan fingerprint density at radius 1 is 1.10 bits per heavy atom. The summed E-state index contributed by atoms with van der Waals surface area (Å²) in [6, 6.07) is 16.9. The van der Waals surface area contributed by atoms with Gasteiger partial charge in [-0.25, -0.2) is 4.98 Å². The molecule has 29 heavy (non-hydrogen) atoms. The van der Waals surface area contributed by atoms with E-state index in [-0.39, 0.29) is 11.9 Å². The van der Waals surface area contributed by atoms with Crippen molar-refractivity contribution in [2.45, 2.75) is 42.4 Å². The standard InChI is InChI=1S/C23H25N3OS2/c1-16-12-14-26(18-8-3-5-11-21(18)28-16)22(27)15-25-13-6-9-19(25)23-24-17-7-2-4-10-20(17)29-23/h2-5,7-8,10-11,16,19H,6,9,12-15H2,1H3. The number of rotatable bonds is 3. The van der Waals surface area contributed by atoms with Crippen LogP contribution in [0.25, 0.3) is 10.2 Å². The predicted molar refractivity (Wildman–Crippen MR) is 122 cm³/mol. The van der Waals surface area contributed by atoms with Gasteiger partial charge >= 0.3 is 0 Å². The normalized spacial score (nSPS) is 22.6. The van der Waals surface area contributed by atoms with Gasteiger partial charge in [0.1, 0.15) is 5.01 Å². The van der Waals surface area contributed by atoms with Crippen molar-refractivity contribution >= 4 is 44.9 Å². The highest BCUT2D eigenvalue weighted by Gasteiger charge is 2.32. The number of benzene rings is 2. The molecule has 3 aromatic rings. The number of para-hydroxylation sites is 2. The van der Waals surface area contributed by atoms with Crippen LogP contribution in [0.4, 0.5) is 5.69 Å². The lowest BCUT2D eigenvalue weighted by atomic mass is 10.2. The molecule has 0 N–H and O–H groups in total. The lowest BCUT2D eigenvalue weighted by Gasteiger charge is -2.27. The van der Waals surface area contributed by atoms with Crippen molar-refractivity contribution in [2.75, 3.05) is 24.5 Å². The van der Waals surface area contributed by atoms with E-state index in [1.807, 2.05) is 28.8 Å². The zero-order chi connectivity index (χ0) is 19.8. The van der Waals surface area contributed by atoms with E-state index in [9.17, 15) is 4.79 Å². The third kappa shape index (κ3) is 3.81. The maximum Gasteiger partial charge on any atom is 0.241 e. The lowest BCUT2D eigenvalue weighted by molar-refractivity contribution is -0.120. The van der Waals surface area contributed by atoms with Crippen LogP contribution in [0.2, 0.25) is 0 Å². The van der Waals surface area contributed by atoms with Gasteiger partial charge in [-0.15, -0.1) is 23.1 Å². The summed E-state index contributed by atoms with van der Waals surface area (Å²) in [5, 5.41) is 1.67. The smallest absolute Gasteiger partial charge is 0.241 e. The average molecular weight is 424 g/mol. The van der Waals surface area contributed by atoms with Gasteiger partial charge in [0.15, 0.2) is 0 Å². The minimum atomic E-state index is 0.208. The van der Waals surface area contributed by atoms with Crippen molar-refractivity contribution in [1.82, 2.24) is 9.88 Å². The minimum absolute atomic E-state index is 0.208. The Labute approximate surface area is 179 Å². The molecule has 3 heterocycles. The molecule has 0 bridgehead atoms. The highest BCUT2D eigenvalue weighted by Crippen LogP contribution is 2.39. The van der Waals surface area contributed by atoms with E-state index in [4.69, 9.17) is 4.98 Å². The van der Waals surface area contributed by atoms with Crippen molar-refractivity contribution in [2.24, 2.45) is 0 Å². The molecule has 2 aromatic carbocycles. The molecule has 1 saturated heterocycles. The van der Waals surface area contributed by atoms with E-state index in [0.29, 0.717) is 11.8 Å². The van der Waals surface area contributed by atoms with Gasteiger partial charge in [0.05, 0.1) is 28.5 Å². The van der Waals surface area contributed by atoms with Gasteiger partial charge in [-0.2, -0.15) is 0 Å². The summed E-state index contributed by atoms with van der Waals surface area (Å²) in [6.45, 7) is 4.48. The second-order valence-electron chi connectivity index (χ2n) is 7.88. The van der Waals surface area contributed by atoms with E-state index in [1.54, 1.807) is 11.3 Å². The van der Waals surface area contributed by atoms with Gasteiger partial charge in [-0.3, -0.25) is 9.69 Å². The maximum absolute atomic E-state index is 13.4.